The molecule has 0 unspecified atom stereocenters. The number of anilines is 1. The van der Waals surface area contributed by atoms with E-state index in [1.807, 2.05) is 24.3 Å². The van der Waals surface area contributed by atoms with Crippen LogP contribution in [0.3, 0.4) is 0 Å². The molecule has 6 nitrogen and oxygen atoms in total. The Bertz CT molecular complexity index is 865. The first kappa shape index (κ1) is 16.4. The topological polar surface area (TPSA) is 87.3 Å². The van der Waals surface area contributed by atoms with E-state index in [0.717, 1.165) is 11.3 Å². The van der Waals surface area contributed by atoms with E-state index < -0.39 is 5.97 Å². The van der Waals surface area contributed by atoms with Crippen LogP contribution in [-0.2, 0) is 11.3 Å². The van der Waals surface area contributed by atoms with Crippen molar-refractivity contribution in [3.63, 3.8) is 0 Å². The van der Waals surface area contributed by atoms with E-state index >= 15 is 0 Å². The number of nitrogen functional groups attached to an aromatic ring is 1. The molecule has 0 aliphatic carbocycles. The number of benzene rings is 1. The van der Waals surface area contributed by atoms with Crippen LogP contribution in [0.4, 0.5) is 5.82 Å². The van der Waals surface area contributed by atoms with Crippen LogP contribution in [0.2, 0.25) is 0 Å². The summed E-state index contributed by atoms with van der Waals surface area (Å²) < 4.78 is 10.9. The third kappa shape index (κ3) is 4.32. The molecule has 0 aliphatic heterocycles. The van der Waals surface area contributed by atoms with E-state index in [0.29, 0.717) is 11.6 Å². The molecule has 6 heteroatoms. The lowest BCUT2D eigenvalue weighted by atomic mass is 10.2. The monoisotopic (exact) mass is 335 g/mol. The molecule has 0 aliphatic rings. The number of aryl methyl sites for hydroxylation is 1. The highest BCUT2D eigenvalue weighted by Gasteiger charge is 2.12. The summed E-state index contributed by atoms with van der Waals surface area (Å²) >= 11 is 0. The first-order valence-electron chi connectivity index (χ1n) is 7.70. The lowest BCUT2D eigenvalue weighted by Gasteiger charge is -2.08. The highest BCUT2D eigenvalue weighted by atomic mass is 16.5. The first-order valence-corrected chi connectivity index (χ1v) is 7.70. The van der Waals surface area contributed by atoms with Gasteiger partial charge >= 0.3 is 5.97 Å². The molecular weight excluding hydrogens is 318 g/mol. The van der Waals surface area contributed by atoms with E-state index in [2.05, 4.69) is 9.97 Å². The molecule has 2 heterocycles. The van der Waals surface area contributed by atoms with Crippen LogP contribution in [-0.4, -0.2) is 15.9 Å². The summed E-state index contributed by atoms with van der Waals surface area (Å²) in [5, 5.41) is 0. The van der Waals surface area contributed by atoms with Crippen LogP contribution in [0.1, 0.15) is 21.6 Å². The maximum Gasteiger partial charge on any atom is 0.342 e. The van der Waals surface area contributed by atoms with Crippen molar-refractivity contribution in [1.29, 1.82) is 0 Å². The SMILES string of the molecule is Cc1ccc(C(=O)OCc2ccc(Oc3ccccn3)cc2)c(N)n1. The second-order valence-electron chi connectivity index (χ2n) is 5.38. The Labute approximate surface area is 145 Å². The van der Waals surface area contributed by atoms with Crippen molar-refractivity contribution in [2.45, 2.75) is 13.5 Å². The normalized spacial score (nSPS) is 10.3. The fourth-order valence-corrected chi connectivity index (χ4v) is 2.16. The van der Waals surface area contributed by atoms with Gasteiger partial charge in [-0.15, -0.1) is 0 Å². The van der Waals surface area contributed by atoms with Crippen LogP contribution in [0.25, 0.3) is 0 Å². The molecule has 3 aromatic rings. The van der Waals surface area contributed by atoms with Crippen molar-refractivity contribution < 1.29 is 14.3 Å². The molecule has 0 atom stereocenters. The number of carbonyl (C=O) groups is 1. The smallest absolute Gasteiger partial charge is 0.342 e. The van der Waals surface area contributed by atoms with E-state index in [1.54, 1.807) is 43.5 Å². The molecule has 25 heavy (non-hydrogen) atoms. The van der Waals surface area contributed by atoms with Crippen LogP contribution >= 0.6 is 0 Å². The summed E-state index contributed by atoms with van der Waals surface area (Å²) in [6.07, 6.45) is 1.66. The molecule has 0 amide bonds. The largest absolute Gasteiger partial charge is 0.457 e. The van der Waals surface area contributed by atoms with Crippen LogP contribution in [0, 0.1) is 6.92 Å². The van der Waals surface area contributed by atoms with Gasteiger partial charge in [-0.1, -0.05) is 18.2 Å². The quantitative estimate of drug-likeness (QED) is 0.718. The Morgan fingerprint density at radius 3 is 2.56 bits per heavy atom. The van der Waals surface area contributed by atoms with Crippen molar-refractivity contribution in [3.8, 4) is 11.6 Å². The predicted molar refractivity (Wildman–Crippen MR) is 93.3 cm³/mol. The van der Waals surface area contributed by atoms with Gasteiger partial charge in [0.1, 0.15) is 23.7 Å². The number of carbonyl (C=O) groups excluding carboxylic acids is 1. The minimum Gasteiger partial charge on any atom is -0.457 e. The van der Waals surface area contributed by atoms with Crippen molar-refractivity contribution in [2.24, 2.45) is 0 Å². The number of esters is 1. The number of hydrogen-bond donors (Lipinski definition) is 1. The Kier molecular flexibility index (Phi) is 4.89. The van der Waals surface area contributed by atoms with E-state index in [9.17, 15) is 4.79 Å². The lowest BCUT2D eigenvalue weighted by Crippen LogP contribution is -2.10. The fourth-order valence-electron chi connectivity index (χ4n) is 2.16. The second-order valence-corrected chi connectivity index (χ2v) is 5.38. The van der Waals surface area contributed by atoms with Gasteiger partial charge in [-0.05, 0) is 42.8 Å². The van der Waals surface area contributed by atoms with Gasteiger partial charge in [0.15, 0.2) is 0 Å². The predicted octanol–water partition coefficient (Wildman–Crippen LogP) is 3.52. The van der Waals surface area contributed by atoms with Crippen LogP contribution in [0.5, 0.6) is 11.6 Å². The summed E-state index contributed by atoms with van der Waals surface area (Å²) in [5.74, 6) is 0.840. The molecular formula is C19H17N3O3. The molecule has 0 saturated carbocycles. The Morgan fingerprint density at radius 1 is 1.08 bits per heavy atom. The zero-order valence-corrected chi connectivity index (χ0v) is 13.7. The molecule has 0 fully saturated rings. The van der Waals surface area contributed by atoms with Gasteiger partial charge in [0.05, 0.1) is 0 Å². The third-order valence-electron chi connectivity index (χ3n) is 3.44. The van der Waals surface area contributed by atoms with Gasteiger partial charge in [-0.3, -0.25) is 0 Å². The lowest BCUT2D eigenvalue weighted by molar-refractivity contribution is 0.0473. The molecule has 2 aromatic heterocycles. The number of aromatic nitrogens is 2. The maximum atomic E-state index is 12.1. The summed E-state index contributed by atoms with van der Waals surface area (Å²) in [7, 11) is 0. The summed E-state index contributed by atoms with van der Waals surface area (Å²) in [5.41, 5.74) is 7.60. The number of ether oxygens (including phenoxy) is 2. The van der Waals surface area contributed by atoms with E-state index in [4.69, 9.17) is 15.2 Å². The maximum absolute atomic E-state index is 12.1. The number of pyridine rings is 2. The molecule has 126 valence electrons. The minimum absolute atomic E-state index is 0.135. The van der Waals surface area contributed by atoms with Crippen molar-refractivity contribution in [1.82, 2.24) is 9.97 Å². The highest BCUT2D eigenvalue weighted by Crippen LogP contribution is 2.20. The van der Waals surface area contributed by atoms with Crippen molar-refractivity contribution in [2.75, 3.05) is 5.73 Å². The number of nitrogens with two attached hydrogens (primary N) is 1. The molecule has 0 bridgehead atoms. The fraction of sp³-hybridized carbons (Fsp3) is 0.105. The van der Waals surface area contributed by atoms with Gasteiger partial charge in [-0.2, -0.15) is 0 Å². The highest BCUT2D eigenvalue weighted by molar-refractivity contribution is 5.94. The number of hydrogen-bond acceptors (Lipinski definition) is 6. The molecule has 1 aromatic carbocycles. The average Bonchev–Trinajstić information content (AvgIpc) is 2.62. The first-order chi connectivity index (χ1) is 12.1. The Balaban J connectivity index is 1.59. The second kappa shape index (κ2) is 7.44. The van der Waals surface area contributed by atoms with E-state index in [1.165, 1.54) is 0 Å². The molecule has 0 spiro atoms. The molecule has 3 rings (SSSR count). The Morgan fingerprint density at radius 2 is 1.88 bits per heavy atom. The molecule has 0 radical (unpaired) electrons. The molecule has 2 N–H and O–H groups in total. The van der Waals surface area contributed by atoms with Gasteiger partial charge in [0.25, 0.3) is 0 Å². The van der Waals surface area contributed by atoms with Crippen LogP contribution < -0.4 is 10.5 Å². The third-order valence-corrected chi connectivity index (χ3v) is 3.44. The zero-order valence-electron chi connectivity index (χ0n) is 13.7. The van der Waals surface area contributed by atoms with Gasteiger partial charge in [0.2, 0.25) is 5.88 Å². The summed E-state index contributed by atoms with van der Waals surface area (Å²) in [6.45, 7) is 1.94. The van der Waals surface area contributed by atoms with E-state index in [-0.39, 0.29) is 18.0 Å². The van der Waals surface area contributed by atoms with Gasteiger partial charge < -0.3 is 15.2 Å². The zero-order chi connectivity index (χ0) is 17.6. The summed E-state index contributed by atoms with van der Waals surface area (Å²) in [6, 6.07) is 16.0. The van der Waals surface area contributed by atoms with Crippen molar-refractivity contribution >= 4 is 11.8 Å². The van der Waals surface area contributed by atoms with Crippen LogP contribution in [0.15, 0.2) is 60.8 Å². The number of nitrogens with zero attached hydrogens (tertiary/aromatic N) is 2. The minimum atomic E-state index is -0.501. The Hall–Kier alpha value is -3.41. The number of rotatable bonds is 5. The average molecular weight is 335 g/mol. The standard InChI is InChI=1S/C19H17N3O3/c1-13-5-10-16(18(20)22-13)19(23)24-12-14-6-8-15(9-7-14)25-17-4-2-3-11-21-17/h2-11H,12H2,1H3,(H2,20,22). The van der Waals surface area contributed by atoms with Gasteiger partial charge in [0, 0.05) is 18.0 Å². The van der Waals surface area contributed by atoms with Gasteiger partial charge in [-0.25, -0.2) is 14.8 Å². The van der Waals surface area contributed by atoms with Crippen molar-refractivity contribution in [3.05, 3.63) is 77.6 Å². The molecule has 0 saturated heterocycles. The summed E-state index contributed by atoms with van der Waals surface area (Å²) in [4.78, 5) is 20.2.